The first-order valence-electron chi connectivity index (χ1n) is 3.12. The molecule has 0 saturated heterocycles. The van der Waals surface area contributed by atoms with E-state index in [0.717, 1.165) is 0 Å². The molecular weight excluding hydrogens is 143 g/mol. The molecule has 0 aliphatic rings. The summed E-state index contributed by atoms with van der Waals surface area (Å²) in [7, 11) is 1.27. The van der Waals surface area contributed by atoms with E-state index in [-0.39, 0.29) is 11.3 Å². The van der Waals surface area contributed by atoms with E-state index in [0.29, 0.717) is 0 Å². The highest BCUT2D eigenvalue weighted by molar-refractivity contribution is 5.92. The van der Waals surface area contributed by atoms with Crippen molar-refractivity contribution in [3.63, 3.8) is 0 Å². The molecule has 0 bridgehead atoms. The molecule has 1 aromatic rings. The zero-order chi connectivity index (χ0) is 8.27. The van der Waals surface area contributed by atoms with Gasteiger partial charge in [0.1, 0.15) is 11.3 Å². The van der Waals surface area contributed by atoms with Crippen LogP contribution in [0.1, 0.15) is 10.4 Å². The van der Waals surface area contributed by atoms with Gasteiger partial charge in [-0.2, -0.15) is 0 Å². The van der Waals surface area contributed by atoms with Gasteiger partial charge in [-0.1, -0.05) is 12.1 Å². The standard InChI is InChI=1S/C8H8O3/c1-11-8(10)6-4-2-3-5-7(6)9/h2-5,9H,1H3/i8-1. The second kappa shape index (κ2) is 3.05. The SMILES string of the molecule is CO[11C](=O)c1ccccc1O. The van der Waals surface area contributed by atoms with Gasteiger partial charge in [0, 0.05) is 0 Å². The number of para-hydroxylation sites is 1. The zero-order valence-electron chi connectivity index (χ0n) is 6.07. The van der Waals surface area contributed by atoms with Crippen LogP contribution in [-0.2, 0) is 4.74 Å². The molecule has 3 heteroatoms. The number of rotatable bonds is 1. The molecule has 0 aromatic heterocycles. The minimum absolute atomic E-state index is 0.0562. The molecule has 0 atom stereocenters. The van der Waals surface area contributed by atoms with E-state index in [1.165, 1.54) is 19.2 Å². The van der Waals surface area contributed by atoms with E-state index in [2.05, 4.69) is 4.74 Å². The molecule has 0 radical (unpaired) electrons. The van der Waals surface area contributed by atoms with Gasteiger partial charge < -0.3 is 9.84 Å². The van der Waals surface area contributed by atoms with Crippen molar-refractivity contribution in [3.05, 3.63) is 29.8 Å². The van der Waals surface area contributed by atoms with Crippen molar-refractivity contribution in [1.82, 2.24) is 0 Å². The maximum atomic E-state index is 10.9. The quantitative estimate of drug-likeness (QED) is 0.613. The summed E-state index contributed by atoms with van der Waals surface area (Å²) in [4.78, 5) is 10.9. The van der Waals surface area contributed by atoms with E-state index in [1.807, 2.05) is 0 Å². The Morgan fingerprint density at radius 3 is 2.64 bits per heavy atom. The monoisotopic (exact) mass is 151 g/mol. The lowest BCUT2D eigenvalue weighted by atomic mass is 9.93. The highest BCUT2D eigenvalue weighted by Crippen LogP contribution is 2.15. The molecule has 1 N–H and O–H groups in total. The van der Waals surface area contributed by atoms with Crippen molar-refractivity contribution in [1.29, 1.82) is 0 Å². The molecule has 0 saturated carbocycles. The Morgan fingerprint density at radius 1 is 1.45 bits per heavy atom. The van der Waals surface area contributed by atoms with E-state index in [4.69, 9.17) is 5.11 Å². The summed E-state index contributed by atoms with van der Waals surface area (Å²) in [5, 5.41) is 9.11. The minimum atomic E-state index is -0.525. The number of phenols is 1. The average molecular weight is 151 g/mol. The normalized spacial score (nSPS) is 9.18. The third-order valence-corrected chi connectivity index (χ3v) is 1.31. The number of aromatic hydroxyl groups is 1. The van der Waals surface area contributed by atoms with Crippen LogP contribution >= 0.6 is 0 Å². The Labute approximate surface area is 64.2 Å². The fourth-order valence-electron chi connectivity index (χ4n) is 0.756. The smallest absolute Gasteiger partial charge is 0.341 e. The number of carbonyl (C=O) groups is 1. The third-order valence-electron chi connectivity index (χ3n) is 1.31. The summed E-state index contributed by atoms with van der Waals surface area (Å²) in [5.41, 5.74) is 0.190. The third kappa shape index (κ3) is 1.49. The molecule has 58 valence electrons. The first-order chi connectivity index (χ1) is 5.25. The fourth-order valence-corrected chi connectivity index (χ4v) is 0.756. The molecule has 1 rings (SSSR count). The molecule has 0 aliphatic carbocycles. The maximum Gasteiger partial charge on any atom is 0.341 e. The van der Waals surface area contributed by atoms with Gasteiger partial charge in [0.25, 0.3) is 0 Å². The number of hydrogen-bond donors (Lipinski definition) is 1. The Balaban J connectivity index is 3.03. The number of ether oxygens (including phenoxy) is 1. The predicted molar refractivity (Wildman–Crippen MR) is 39.4 cm³/mol. The van der Waals surface area contributed by atoms with Crippen molar-refractivity contribution in [2.24, 2.45) is 0 Å². The van der Waals surface area contributed by atoms with Crippen molar-refractivity contribution in [2.45, 2.75) is 0 Å². The van der Waals surface area contributed by atoms with Crippen LogP contribution in [0.5, 0.6) is 5.75 Å². The maximum absolute atomic E-state index is 10.9. The van der Waals surface area contributed by atoms with Crippen LogP contribution < -0.4 is 0 Å². The lowest BCUT2D eigenvalue weighted by Crippen LogP contribution is -2.00. The van der Waals surface area contributed by atoms with Gasteiger partial charge in [0.2, 0.25) is 0 Å². The first-order valence-corrected chi connectivity index (χ1v) is 3.12. The van der Waals surface area contributed by atoms with Crippen LogP contribution in [0, 0.1) is 0 Å². The molecule has 3 nitrogen and oxygen atoms in total. The second-order valence-electron chi connectivity index (χ2n) is 2.01. The Bertz CT molecular complexity index is 268. The highest BCUT2D eigenvalue weighted by Gasteiger charge is 2.08. The predicted octanol–water partition coefficient (Wildman–Crippen LogP) is 1.18. The van der Waals surface area contributed by atoms with Crippen LogP contribution in [0.25, 0.3) is 0 Å². The Kier molecular flexibility index (Phi) is 2.11. The minimum Gasteiger partial charge on any atom is -0.507 e. The number of carbonyl (C=O) groups excluding carboxylic acids is 1. The van der Waals surface area contributed by atoms with Gasteiger partial charge in [-0.15, -0.1) is 0 Å². The molecule has 0 unspecified atom stereocenters. The number of phenolic OH excluding ortho intramolecular Hbond substituents is 1. The highest BCUT2D eigenvalue weighted by atomic mass is 16.5. The van der Waals surface area contributed by atoms with Crippen molar-refractivity contribution >= 4 is 5.97 Å². The fraction of sp³-hybridized carbons (Fsp3) is 0.125. The topological polar surface area (TPSA) is 46.5 Å². The van der Waals surface area contributed by atoms with E-state index < -0.39 is 5.97 Å². The molecule has 0 fully saturated rings. The Hall–Kier alpha value is -1.51. The molecular formula is C8H8O3. The molecule has 0 spiro atoms. The summed E-state index contributed by atoms with van der Waals surface area (Å²) >= 11 is 0. The first kappa shape index (κ1) is 7.60. The molecule has 0 aliphatic heterocycles. The zero-order valence-corrected chi connectivity index (χ0v) is 6.07. The summed E-state index contributed by atoms with van der Waals surface area (Å²) in [5.74, 6) is -0.581. The van der Waals surface area contributed by atoms with Crippen molar-refractivity contribution < 1.29 is 14.6 Å². The van der Waals surface area contributed by atoms with Crippen LogP contribution in [0.3, 0.4) is 0 Å². The average Bonchev–Trinajstić information content (AvgIpc) is 2.04. The van der Waals surface area contributed by atoms with Gasteiger partial charge in [0.15, 0.2) is 0 Å². The van der Waals surface area contributed by atoms with Gasteiger partial charge in [0.05, 0.1) is 7.11 Å². The van der Waals surface area contributed by atoms with Gasteiger partial charge in [-0.05, 0) is 12.1 Å². The van der Waals surface area contributed by atoms with E-state index >= 15 is 0 Å². The second-order valence-corrected chi connectivity index (χ2v) is 2.01. The van der Waals surface area contributed by atoms with Gasteiger partial charge in [-0.25, -0.2) is 4.79 Å². The van der Waals surface area contributed by atoms with Crippen molar-refractivity contribution in [2.75, 3.05) is 7.11 Å². The van der Waals surface area contributed by atoms with E-state index in [1.54, 1.807) is 12.1 Å². The number of benzene rings is 1. The van der Waals surface area contributed by atoms with Crippen LogP contribution in [-0.4, -0.2) is 18.2 Å². The number of esters is 1. The molecule has 1 aromatic carbocycles. The summed E-state index contributed by atoms with van der Waals surface area (Å²) in [6, 6.07) is 6.24. The molecule has 0 amide bonds. The summed E-state index contributed by atoms with van der Waals surface area (Å²) in [6.07, 6.45) is 0. The van der Waals surface area contributed by atoms with Crippen molar-refractivity contribution in [3.8, 4) is 5.75 Å². The van der Waals surface area contributed by atoms with Gasteiger partial charge >= 0.3 is 5.97 Å². The largest absolute Gasteiger partial charge is 0.507 e. The lowest BCUT2D eigenvalue weighted by molar-refractivity contribution is 0.0597. The Morgan fingerprint density at radius 2 is 2.09 bits per heavy atom. The lowest BCUT2D eigenvalue weighted by Gasteiger charge is -1.99. The van der Waals surface area contributed by atoms with E-state index in [9.17, 15) is 4.79 Å². The van der Waals surface area contributed by atoms with Crippen LogP contribution in [0.4, 0.5) is 0 Å². The summed E-state index contributed by atoms with van der Waals surface area (Å²) < 4.78 is 4.42. The summed E-state index contributed by atoms with van der Waals surface area (Å²) in [6.45, 7) is 0. The number of methoxy groups -OCH3 is 1. The number of hydrogen-bond acceptors (Lipinski definition) is 3. The van der Waals surface area contributed by atoms with Crippen LogP contribution in [0.2, 0.25) is 0 Å². The van der Waals surface area contributed by atoms with Crippen LogP contribution in [0.15, 0.2) is 24.3 Å². The van der Waals surface area contributed by atoms with Gasteiger partial charge in [-0.3, -0.25) is 0 Å². The molecule has 0 heterocycles. The molecule has 11 heavy (non-hydrogen) atoms.